The number of rotatable bonds is 5. The maximum Gasteiger partial charge on any atom is 0.326 e. The number of carboxylic acid groups (broad SMARTS) is 1. The van der Waals surface area contributed by atoms with Gasteiger partial charge in [-0.2, -0.15) is 11.8 Å². The number of carboxylic acids is 1. The van der Waals surface area contributed by atoms with Crippen molar-refractivity contribution in [1.82, 2.24) is 5.32 Å². The highest BCUT2D eigenvalue weighted by Crippen LogP contribution is 2.28. The molecular formula is C14H17FN2O3S. The Balaban J connectivity index is 2.08. The molecule has 1 atom stereocenters. The number of anilines is 1. The van der Waals surface area contributed by atoms with Crippen LogP contribution in [0.4, 0.5) is 14.9 Å². The normalized spacial score (nSPS) is 14.7. The highest BCUT2D eigenvalue weighted by molar-refractivity contribution is 7.98. The second kappa shape index (κ2) is 6.80. The Kier molecular flexibility index (Phi) is 5.06. The van der Waals surface area contributed by atoms with Crippen molar-refractivity contribution in [1.29, 1.82) is 0 Å². The first kappa shape index (κ1) is 15.6. The molecule has 1 heterocycles. The second-order valence-corrected chi connectivity index (χ2v) is 5.78. The number of thioether (sulfide) groups is 1. The number of hydrogen-bond acceptors (Lipinski definition) is 3. The van der Waals surface area contributed by atoms with E-state index in [1.165, 1.54) is 28.8 Å². The number of aliphatic carboxylic acids is 1. The molecular weight excluding hydrogens is 295 g/mol. The Morgan fingerprint density at radius 1 is 1.52 bits per heavy atom. The minimum atomic E-state index is -1.06. The molecule has 1 aromatic rings. The van der Waals surface area contributed by atoms with E-state index in [2.05, 4.69) is 5.32 Å². The van der Waals surface area contributed by atoms with Crippen LogP contribution >= 0.6 is 11.8 Å². The van der Waals surface area contributed by atoms with Crippen LogP contribution in [0.2, 0.25) is 0 Å². The number of urea groups is 1. The Morgan fingerprint density at radius 2 is 2.29 bits per heavy atom. The van der Waals surface area contributed by atoms with Crippen molar-refractivity contribution in [2.24, 2.45) is 0 Å². The average Bonchev–Trinajstić information content (AvgIpc) is 2.85. The zero-order valence-electron chi connectivity index (χ0n) is 11.6. The molecule has 21 heavy (non-hydrogen) atoms. The molecule has 1 aliphatic rings. The molecule has 0 bridgehead atoms. The van der Waals surface area contributed by atoms with Crippen LogP contribution in [-0.4, -0.2) is 41.7 Å². The minimum absolute atomic E-state index is 0.353. The third kappa shape index (κ3) is 3.66. The van der Waals surface area contributed by atoms with Crippen LogP contribution in [0.3, 0.4) is 0 Å². The predicted molar refractivity (Wildman–Crippen MR) is 80.4 cm³/mol. The van der Waals surface area contributed by atoms with Crippen LogP contribution in [-0.2, 0) is 11.2 Å². The predicted octanol–water partition coefficient (Wildman–Crippen LogP) is 2.10. The largest absolute Gasteiger partial charge is 0.480 e. The number of halogens is 1. The quantitative estimate of drug-likeness (QED) is 0.873. The lowest BCUT2D eigenvalue weighted by Crippen LogP contribution is -2.47. The van der Waals surface area contributed by atoms with E-state index in [0.717, 1.165) is 5.56 Å². The van der Waals surface area contributed by atoms with Gasteiger partial charge in [-0.25, -0.2) is 14.0 Å². The van der Waals surface area contributed by atoms with Gasteiger partial charge in [-0.15, -0.1) is 0 Å². The summed E-state index contributed by atoms with van der Waals surface area (Å²) in [4.78, 5) is 24.8. The van der Waals surface area contributed by atoms with E-state index < -0.39 is 23.9 Å². The van der Waals surface area contributed by atoms with Gasteiger partial charge in [-0.1, -0.05) is 6.07 Å². The maximum absolute atomic E-state index is 13.3. The maximum atomic E-state index is 13.3. The van der Waals surface area contributed by atoms with Crippen molar-refractivity contribution in [2.45, 2.75) is 18.9 Å². The van der Waals surface area contributed by atoms with Crippen molar-refractivity contribution >= 4 is 29.4 Å². The lowest BCUT2D eigenvalue weighted by molar-refractivity contribution is -0.139. The van der Waals surface area contributed by atoms with E-state index in [9.17, 15) is 14.0 Å². The summed E-state index contributed by atoms with van der Waals surface area (Å²) in [5.41, 5.74) is 1.41. The number of nitrogens with one attached hydrogen (secondary N) is 1. The summed E-state index contributed by atoms with van der Waals surface area (Å²) in [7, 11) is 0. The number of hydrogen-bond donors (Lipinski definition) is 2. The fraction of sp³-hybridized carbons (Fsp3) is 0.429. The summed E-state index contributed by atoms with van der Waals surface area (Å²) in [6.07, 6.45) is 2.87. The lowest BCUT2D eigenvalue weighted by atomic mass is 10.2. The minimum Gasteiger partial charge on any atom is -0.480 e. The number of carbonyl (C=O) groups is 2. The van der Waals surface area contributed by atoms with E-state index in [1.807, 2.05) is 6.26 Å². The molecule has 7 heteroatoms. The van der Waals surface area contributed by atoms with Gasteiger partial charge < -0.3 is 10.4 Å². The highest BCUT2D eigenvalue weighted by atomic mass is 32.2. The van der Waals surface area contributed by atoms with Crippen molar-refractivity contribution in [3.05, 3.63) is 29.6 Å². The summed E-state index contributed by atoms with van der Waals surface area (Å²) < 4.78 is 13.3. The number of benzene rings is 1. The van der Waals surface area contributed by atoms with Crippen molar-refractivity contribution in [3.8, 4) is 0 Å². The van der Waals surface area contributed by atoms with Gasteiger partial charge in [-0.3, -0.25) is 4.90 Å². The number of carbonyl (C=O) groups excluding carboxylic acids is 1. The van der Waals surface area contributed by atoms with Crippen LogP contribution in [0.25, 0.3) is 0 Å². The van der Waals surface area contributed by atoms with Crippen molar-refractivity contribution < 1.29 is 19.1 Å². The van der Waals surface area contributed by atoms with Gasteiger partial charge in [-0.05, 0) is 42.5 Å². The summed E-state index contributed by atoms with van der Waals surface area (Å²) in [5, 5.41) is 11.6. The topological polar surface area (TPSA) is 69.6 Å². The number of amides is 2. The first-order valence-electron chi connectivity index (χ1n) is 6.61. The average molecular weight is 312 g/mol. The SMILES string of the molecule is CSCCC(NC(=O)N1CCc2ccc(F)cc21)C(=O)O. The van der Waals surface area contributed by atoms with Crippen LogP contribution in [0.15, 0.2) is 18.2 Å². The third-order valence-electron chi connectivity index (χ3n) is 3.39. The van der Waals surface area contributed by atoms with Crippen molar-refractivity contribution in [2.75, 3.05) is 23.5 Å². The third-order valence-corrected chi connectivity index (χ3v) is 4.04. The second-order valence-electron chi connectivity index (χ2n) is 4.80. The Morgan fingerprint density at radius 3 is 2.95 bits per heavy atom. The Labute approximate surface area is 126 Å². The number of nitrogens with zero attached hydrogens (tertiary/aromatic N) is 1. The van der Waals surface area contributed by atoms with E-state index >= 15 is 0 Å². The molecule has 0 aliphatic carbocycles. The van der Waals surface area contributed by atoms with Crippen LogP contribution in [0.5, 0.6) is 0 Å². The smallest absolute Gasteiger partial charge is 0.326 e. The molecule has 1 unspecified atom stereocenters. The molecule has 0 radical (unpaired) electrons. The van der Waals surface area contributed by atoms with Gasteiger partial charge in [0, 0.05) is 6.54 Å². The van der Waals surface area contributed by atoms with Gasteiger partial charge in [0.05, 0.1) is 5.69 Å². The Hall–Kier alpha value is -1.76. The van der Waals surface area contributed by atoms with Gasteiger partial charge in [0.1, 0.15) is 11.9 Å². The molecule has 2 N–H and O–H groups in total. The molecule has 2 rings (SSSR count). The Bertz CT molecular complexity index is 553. The van der Waals surface area contributed by atoms with Crippen LogP contribution in [0.1, 0.15) is 12.0 Å². The molecule has 5 nitrogen and oxygen atoms in total. The summed E-state index contributed by atoms with van der Waals surface area (Å²) in [6.45, 7) is 0.430. The van der Waals surface area contributed by atoms with Crippen LogP contribution in [0, 0.1) is 5.82 Å². The van der Waals surface area contributed by atoms with Gasteiger partial charge in [0.15, 0.2) is 0 Å². The molecule has 0 spiro atoms. The van der Waals surface area contributed by atoms with E-state index in [0.29, 0.717) is 30.8 Å². The molecule has 114 valence electrons. The van der Waals surface area contributed by atoms with E-state index in [1.54, 1.807) is 6.07 Å². The summed E-state index contributed by atoms with van der Waals surface area (Å²) in [5.74, 6) is -0.829. The zero-order chi connectivity index (χ0) is 15.4. The molecule has 1 aliphatic heterocycles. The summed E-state index contributed by atoms with van der Waals surface area (Å²) >= 11 is 1.52. The van der Waals surface area contributed by atoms with Gasteiger partial charge >= 0.3 is 12.0 Å². The molecule has 0 aromatic heterocycles. The lowest BCUT2D eigenvalue weighted by Gasteiger charge is -2.21. The van der Waals surface area contributed by atoms with Crippen LogP contribution < -0.4 is 10.2 Å². The number of fused-ring (bicyclic) bond motifs is 1. The van der Waals surface area contributed by atoms with Gasteiger partial charge in [0.25, 0.3) is 0 Å². The zero-order valence-corrected chi connectivity index (χ0v) is 12.5. The molecule has 0 saturated carbocycles. The fourth-order valence-electron chi connectivity index (χ4n) is 2.28. The fourth-order valence-corrected chi connectivity index (χ4v) is 2.75. The first-order chi connectivity index (χ1) is 10.0. The molecule has 0 fully saturated rings. The standard InChI is InChI=1S/C14H17FN2O3S/c1-21-7-5-11(13(18)19)16-14(20)17-6-4-9-2-3-10(15)8-12(9)17/h2-3,8,11H,4-7H2,1H3,(H,16,20)(H,18,19). The molecule has 1 aromatic carbocycles. The molecule has 2 amide bonds. The monoisotopic (exact) mass is 312 g/mol. The van der Waals surface area contributed by atoms with Crippen molar-refractivity contribution in [3.63, 3.8) is 0 Å². The highest BCUT2D eigenvalue weighted by Gasteiger charge is 2.28. The first-order valence-corrected chi connectivity index (χ1v) is 8.00. The van der Waals surface area contributed by atoms with E-state index in [-0.39, 0.29) is 0 Å². The molecule has 0 saturated heterocycles. The summed E-state index contributed by atoms with van der Waals surface area (Å²) in [6, 6.07) is 2.90. The van der Waals surface area contributed by atoms with Gasteiger partial charge in [0.2, 0.25) is 0 Å². The van der Waals surface area contributed by atoms with E-state index in [4.69, 9.17) is 5.11 Å².